The lowest BCUT2D eigenvalue weighted by Gasteiger charge is -2.41. The Morgan fingerprint density at radius 3 is 2.15 bits per heavy atom. The fraction of sp³-hybridized carbons (Fsp3) is 0.400. The minimum Gasteiger partial charge on any atom is -0.361 e. The van der Waals surface area contributed by atoms with Crippen LogP contribution in [0.25, 0.3) is 11.1 Å². The van der Waals surface area contributed by atoms with Crippen molar-refractivity contribution in [2.24, 2.45) is 5.41 Å². The molecule has 0 aromatic heterocycles. The van der Waals surface area contributed by atoms with Gasteiger partial charge in [-0.1, -0.05) is 25.3 Å². The number of allylic oxidation sites excluding steroid dienone is 8. The van der Waals surface area contributed by atoms with Crippen LogP contribution in [0, 0.1) is 5.41 Å². The Labute approximate surface area is 151 Å². The van der Waals surface area contributed by atoms with Crippen molar-refractivity contribution in [3.05, 3.63) is 57.7 Å². The number of Topliss-reactive ketones (excluding diaryl/α,β-unsaturated/α-hetero) is 2. The molecule has 0 N–H and O–H groups in total. The normalized spacial score (nSPS) is 22.7. The van der Waals surface area contributed by atoms with E-state index in [1.54, 1.807) is 19.9 Å². The van der Waals surface area contributed by atoms with E-state index < -0.39 is 5.41 Å². The molecule has 0 heterocycles. The third-order valence-electron chi connectivity index (χ3n) is 5.63. The summed E-state index contributed by atoms with van der Waals surface area (Å²) in [5.41, 5.74) is 20.7. The molecule has 3 aliphatic rings. The van der Waals surface area contributed by atoms with Crippen molar-refractivity contribution in [2.75, 3.05) is 0 Å². The maximum absolute atomic E-state index is 12.5. The minimum absolute atomic E-state index is 0.0203. The molecule has 6 heteroatoms. The van der Waals surface area contributed by atoms with Crippen LogP contribution in [0.3, 0.4) is 0 Å². The van der Waals surface area contributed by atoms with E-state index in [4.69, 9.17) is 5.53 Å². The molecule has 6 nitrogen and oxygen atoms in total. The van der Waals surface area contributed by atoms with Gasteiger partial charge in [0.25, 0.3) is 11.6 Å². The van der Waals surface area contributed by atoms with Crippen LogP contribution in [-0.2, 0) is 9.59 Å². The molecule has 0 aromatic rings. The maximum atomic E-state index is 12.5. The summed E-state index contributed by atoms with van der Waals surface area (Å²) in [6.45, 7) is 3.45. The lowest BCUT2D eigenvalue weighted by molar-refractivity contribution is -0.114. The Morgan fingerprint density at radius 2 is 1.54 bits per heavy atom. The number of rotatable bonds is 2. The maximum Gasteiger partial charge on any atom is 0.362 e. The van der Waals surface area contributed by atoms with Gasteiger partial charge in [0.1, 0.15) is 0 Å². The molecule has 1 fully saturated rings. The predicted molar refractivity (Wildman–Crippen MR) is 96.5 cm³/mol. The molecule has 3 aliphatic carbocycles. The Balaban J connectivity index is 2.22. The lowest BCUT2D eigenvalue weighted by atomic mass is 9.61. The Bertz CT molecular complexity index is 927. The largest absolute Gasteiger partial charge is 0.362 e. The van der Waals surface area contributed by atoms with Crippen molar-refractivity contribution in [1.29, 1.82) is 0 Å². The molecule has 1 saturated carbocycles. The van der Waals surface area contributed by atoms with E-state index in [-0.39, 0.29) is 23.0 Å². The van der Waals surface area contributed by atoms with Crippen molar-refractivity contribution in [3.63, 3.8) is 0 Å². The molecule has 0 aliphatic heterocycles. The zero-order chi connectivity index (χ0) is 18.9. The summed E-state index contributed by atoms with van der Waals surface area (Å²) in [6.07, 6.45) is 11.7. The Hall–Kier alpha value is -2.94. The minimum atomic E-state index is -0.423. The van der Waals surface area contributed by atoms with Gasteiger partial charge in [-0.3, -0.25) is 9.59 Å². The first-order valence-corrected chi connectivity index (χ1v) is 8.78. The average Bonchev–Trinajstić information content (AvgIpc) is 2.66. The highest BCUT2D eigenvalue weighted by molar-refractivity contribution is 6.49. The third kappa shape index (κ3) is 2.70. The van der Waals surface area contributed by atoms with E-state index in [0.717, 1.165) is 43.3 Å². The van der Waals surface area contributed by atoms with Gasteiger partial charge in [-0.15, -0.1) is 0 Å². The van der Waals surface area contributed by atoms with E-state index in [0.29, 0.717) is 11.1 Å². The fourth-order valence-corrected chi connectivity index (χ4v) is 4.25. The molecule has 0 radical (unpaired) electrons. The summed E-state index contributed by atoms with van der Waals surface area (Å²) < 4.78 is 0. The average molecular weight is 348 g/mol. The van der Waals surface area contributed by atoms with Crippen LogP contribution >= 0.6 is 0 Å². The Morgan fingerprint density at radius 1 is 0.885 bits per heavy atom. The van der Waals surface area contributed by atoms with Crippen molar-refractivity contribution < 1.29 is 19.2 Å². The number of ketones is 2. The highest BCUT2D eigenvalue weighted by Gasteiger charge is 2.44. The molecule has 0 saturated heterocycles. The first-order chi connectivity index (χ1) is 12.4. The predicted octanol–water partition coefficient (Wildman–Crippen LogP) is 3.19. The molecule has 132 valence electrons. The first-order valence-electron chi connectivity index (χ1n) is 8.78. The molecule has 3 rings (SSSR count). The van der Waals surface area contributed by atoms with E-state index >= 15 is 0 Å². The molecule has 0 aromatic carbocycles. The second-order valence-electron chi connectivity index (χ2n) is 7.07. The molecular formula is C20H20N4O2. The van der Waals surface area contributed by atoms with Crippen molar-refractivity contribution in [3.8, 4) is 0 Å². The number of carbonyl (C=O) groups is 2. The number of nitrogens with zero attached hydrogens (tertiary/aromatic N) is 4. The monoisotopic (exact) mass is 348 g/mol. The van der Waals surface area contributed by atoms with Crippen LogP contribution in [0.2, 0.25) is 0 Å². The van der Waals surface area contributed by atoms with Gasteiger partial charge < -0.3 is 11.1 Å². The van der Waals surface area contributed by atoms with Gasteiger partial charge in [0, 0.05) is 28.7 Å². The van der Waals surface area contributed by atoms with Gasteiger partial charge in [-0.2, -0.15) is 9.58 Å². The summed E-state index contributed by atoms with van der Waals surface area (Å²) in [5, 5.41) is 0. The molecule has 0 amide bonds. The van der Waals surface area contributed by atoms with Gasteiger partial charge in [0.05, 0.1) is 0 Å². The van der Waals surface area contributed by atoms with Gasteiger partial charge in [-0.25, -0.2) is 0 Å². The summed E-state index contributed by atoms with van der Waals surface area (Å²) in [4.78, 5) is 30.9. The van der Waals surface area contributed by atoms with Crippen LogP contribution in [-0.4, -0.2) is 32.6 Å². The van der Waals surface area contributed by atoms with Crippen LogP contribution in [0.1, 0.15) is 46.0 Å². The molecule has 0 unspecified atom stereocenters. The van der Waals surface area contributed by atoms with Crippen molar-refractivity contribution in [2.45, 2.75) is 46.0 Å². The Kier molecular flexibility index (Phi) is 4.64. The second-order valence-corrected chi connectivity index (χ2v) is 7.07. The van der Waals surface area contributed by atoms with Crippen molar-refractivity contribution in [1.82, 2.24) is 0 Å². The van der Waals surface area contributed by atoms with Gasteiger partial charge in [0.2, 0.25) is 0 Å². The van der Waals surface area contributed by atoms with Gasteiger partial charge in [-0.05, 0) is 43.9 Å². The van der Waals surface area contributed by atoms with Gasteiger partial charge >= 0.3 is 11.4 Å². The topological polar surface area (TPSA) is 107 Å². The fourth-order valence-electron chi connectivity index (χ4n) is 4.25. The molecular weight excluding hydrogens is 328 g/mol. The standard InChI is InChI=1S/C20H20N4O2/c1-12-10-14(11-17(24-22)18(12)25)20(8-4-3-5-9-20)15-6-7-16(23-21)19(26)13(15)2/h6-7,10-11H,3-5,8-9H2,1-2H3. The number of hydrogen-bond acceptors (Lipinski definition) is 2. The first kappa shape index (κ1) is 17.9. The van der Waals surface area contributed by atoms with Crippen LogP contribution < -0.4 is 0 Å². The van der Waals surface area contributed by atoms with Crippen LogP contribution in [0.5, 0.6) is 0 Å². The highest BCUT2D eigenvalue weighted by Crippen LogP contribution is 2.51. The van der Waals surface area contributed by atoms with E-state index in [1.807, 2.05) is 12.2 Å². The van der Waals surface area contributed by atoms with Crippen LogP contribution in [0.4, 0.5) is 0 Å². The molecule has 0 bridgehead atoms. The third-order valence-corrected chi connectivity index (χ3v) is 5.63. The van der Waals surface area contributed by atoms with E-state index in [1.165, 1.54) is 6.08 Å². The summed E-state index contributed by atoms with van der Waals surface area (Å²) >= 11 is 0. The zero-order valence-corrected chi connectivity index (χ0v) is 15.0. The highest BCUT2D eigenvalue weighted by atomic mass is 16.1. The van der Waals surface area contributed by atoms with Crippen molar-refractivity contribution >= 4 is 23.0 Å². The van der Waals surface area contributed by atoms with E-state index in [9.17, 15) is 15.1 Å². The zero-order valence-electron chi connectivity index (χ0n) is 15.0. The number of carbonyl (C=O) groups excluding carboxylic acids is 2. The SMILES string of the molecule is CC1=CC(C2(C3=C(C)C(=O)C(=[N+]=[N-])C=C3)CCCCC2)=CC(=[N+]=[N-])C1=O. The summed E-state index contributed by atoms with van der Waals surface area (Å²) in [7, 11) is 0. The summed E-state index contributed by atoms with van der Waals surface area (Å²) in [5.74, 6) is -0.586. The molecule has 0 atom stereocenters. The smallest absolute Gasteiger partial charge is 0.361 e. The van der Waals surface area contributed by atoms with Gasteiger partial charge in [0.15, 0.2) is 0 Å². The quantitative estimate of drug-likeness (QED) is 0.434. The molecule has 0 spiro atoms. The molecule has 26 heavy (non-hydrogen) atoms. The lowest BCUT2D eigenvalue weighted by Crippen LogP contribution is -2.34. The van der Waals surface area contributed by atoms with Crippen LogP contribution in [0.15, 0.2) is 46.6 Å². The van der Waals surface area contributed by atoms with E-state index in [2.05, 4.69) is 9.58 Å². The summed E-state index contributed by atoms with van der Waals surface area (Å²) in [6, 6.07) is 0. The number of hydrogen-bond donors (Lipinski definition) is 0. The second kappa shape index (κ2) is 6.75.